The molecule has 0 spiro atoms. The lowest BCUT2D eigenvalue weighted by Crippen LogP contribution is -1.96. The molecular formula is C13H16BrN3O. The van der Waals surface area contributed by atoms with Crippen LogP contribution in [0.1, 0.15) is 37.6 Å². The first-order valence-corrected chi connectivity index (χ1v) is 6.77. The zero-order chi connectivity index (χ0) is 13.1. The second-order valence-electron chi connectivity index (χ2n) is 4.26. The summed E-state index contributed by atoms with van der Waals surface area (Å²) in [5.74, 6) is 1.55. The number of nitrogens with zero attached hydrogens (tertiary/aromatic N) is 2. The fraction of sp³-hybridized carbons (Fsp3) is 0.385. The van der Waals surface area contributed by atoms with Crippen LogP contribution in [0.15, 0.2) is 27.2 Å². The number of hydrogen-bond donors (Lipinski definition) is 1. The molecule has 1 aromatic carbocycles. The molecule has 1 heterocycles. The van der Waals surface area contributed by atoms with E-state index in [4.69, 9.17) is 10.3 Å². The Morgan fingerprint density at radius 1 is 1.44 bits per heavy atom. The number of rotatable bonds is 4. The summed E-state index contributed by atoms with van der Waals surface area (Å²) in [5.41, 5.74) is 7.67. The molecule has 0 saturated heterocycles. The van der Waals surface area contributed by atoms with Crippen LogP contribution in [0.2, 0.25) is 0 Å². The molecule has 1 aromatic heterocycles. The molecule has 0 aliphatic rings. The van der Waals surface area contributed by atoms with Gasteiger partial charge in [0.1, 0.15) is 0 Å². The average Bonchev–Trinajstić information content (AvgIpc) is 2.86. The van der Waals surface area contributed by atoms with Gasteiger partial charge in [0.05, 0.1) is 6.54 Å². The van der Waals surface area contributed by atoms with Crippen molar-refractivity contribution in [3.8, 4) is 11.4 Å². The number of nitrogens with two attached hydrogens (primary N) is 1. The minimum Gasteiger partial charge on any atom is -0.338 e. The fourth-order valence-electron chi connectivity index (χ4n) is 1.74. The highest BCUT2D eigenvalue weighted by atomic mass is 79.9. The monoisotopic (exact) mass is 309 g/mol. The molecule has 0 fully saturated rings. The van der Waals surface area contributed by atoms with Crippen molar-refractivity contribution in [1.29, 1.82) is 0 Å². The molecule has 0 radical (unpaired) electrons. The predicted molar refractivity (Wildman–Crippen MR) is 74.0 cm³/mol. The van der Waals surface area contributed by atoms with Crippen LogP contribution >= 0.6 is 15.9 Å². The zero-order valence-corrected chi connectivity index (χ0v) is 12.1. The predicted octanol–water partition coefficient (Wildman–Crippen LogP) is 3.47. The largest absolute Gasteiger partial charge is 0.338 e. The minimum atomic E-state index is 0.263. The first-order chi connectivity index (χ1) is 8.65. The minimum absolute atomic E-state index is 0.263. The molecule has 2 N–H and O–H groups in total. The first kappa shape index (κ1) is 13.2. The zero-order valence-electron chi connectivity index (χ0n) is 10.5. The van der Waals surface area contributed by atoms with Gasteiger partial charge < -0.3 is 10.3 Å². The highest BCUT2D eigenvalue weighted by Gasteiger charge is 2.12. The number of aromatic nitrogens is 2. The van der Waals surface area contributed by atoms with E-state index in [1.807, 2.05) is 12.1 Å². The third-order valence-corrected chi connectivity index (χ3v) is 3.73. The lowest BCUT2D eigenvalue weighted by Gasteiger charge is -2.11. The van der Waals surface area contributed by atoms with Crippen LogP contribution in [0, 0.1) is 0 Å². The molecule has 5 heteroatoms. The van der Waals surface area contributed by atoms with E-state index in [0.29, 0.717) is 17.6 Å². The lowest BCUT2D eigenvalue weighted by molar-refractivity contribution is 0.380. The molecule has 4 nitrogen and oxygen atoms in total. The molecule has 2 rings (SSSR count). The lowest BCUT2D eigenvalue weighted by atomic mass is 9.97. The second kappa shape index (κ2) is 5.63. The molecule has 0 saturated carbocycles. The Labute approximate surface area is 115 Å². The van der Waals surface area contributed by atoms with Gasteiger partial charge in [0.2, 0.25) is 11.7 Å². The van der Waals surface area contributed by atoms with Crippen molar-refractivity contribution >= 4 is 15.9 Å². The third kappa shape index (κ3) is 2.62. The van der Waals surface area contributed by atoms with Gasteiger partial charge in [0.15, 0.2) is 0 Å². The smallest absolute Gasteiger partial charge is 0.240 e. The summed E-state index contributed by atoms with van der Waals surface area (Å²) in [6, 6.07) is 6.14. The Morgan fingerprint density at radius 3 is 2.78 bits per heavy atom. The van der Waals surface area contributed by atoms with E-state index in [2.05, 4.69) is 46.0 Å². The van der Waals surface area contributed by atoms with E-state index in [9.17, 15) is 0 Å². The van der Waals surface area contributed by atoms with Gasteiger partial charge in [-0.1, -0.05) is 47.1 Å². The topological polar surface area (TPSA) is 64.9 Å². The van der Waals surface area contributed by atoms with Crippen molar-refractivity contribution in [2.75, 3.05) is 0 Å². The summed E-state index contributed by atoms with van der Waals surface area (Å²) in [4.78, 5) is 4.21. The quantitative estimate of drug-likeness (QED) is 0.939. The van der Waals surface area contributed by atoms with Crippen molar-refractivity contribution in [1.82, 2.24) is 10.1 Å². The molecule has 1 atom stereocenters. The fourth-order valence-corrected chi connectivity index (χ4v) is 2.51. The maximum Gasteiger partial charge on any atom is 0.240 e. The van der Waals surface area contributed by atoms with Crippen LogP contribution in [-0.4, -0.2) is 10.1 Å². The highest BCUT2D eigenvalue weighted by Crippen LogP contribution is 2.30. The second-order valence-corrected chi connectivity index (χ2v) is 5.12. The van der Waals surface area contributed by atoms with Gasteiger partial charge in [0.25, 0.3) is 0 Å². The standard InChI is InChI=1S/C13H16BrN3O/c1-3-8(2)10-5-4-9(6-11(10)14)13-16-12(7-15)18-17-13/h4-6,8H,3,7,15H2,1-2H3. The maximum absolute atomic E-state index is 5.45. The summed E-state index contributed by atoms with van der Waals surface area (Å²) in [7, 11) is 0. The normalized spacial score (nSPS) is 12.7. The van der Waals surface area contributed by atoms with Crippen molar-refractivity contribution in [2.45, 2.75) is 32.7 Å². The van der Waals surface area contributed by atoms with E-state index in [1.54, 1.807) is 0 Å². The molecule has 0 aliphatic carbocycles. The van der Waals surface area contributed by atoms with Gasteiger partial charge in [-0.05, 0) is 24.0 Å². The van der Waals surface area contributed by atoms with Crippen LogP contribution in [0.5, 0.6) is 0 Å². The SMILES string of the molecule is CCC(C)c1ccc(-c2noc(CN)n2)cc1Br. The summed E-state index contributed by atoms with van der Waals surface area (Å²) >= 11 is 3.60. The van der Waals surface area contributed by atoms with Crippen molar-refractivity contribution in [2.24, 2.45) is 5.73 Å². The van der Waals surface area contributed by atoms with Gasteiger partial charge >= 0.3 is 0 Å². The summed E-state index contributed by atoms with van der Waals surface area (Å²) < 4.78 is 6.08. The van der Waals surface area contributed by atoms with Gasteiger partial charge in [-0.3, -0.25) is 0 Å². The summed E-state index contributed by atoms with van der Waals surface area (Å²) in [6.07, 6.45) is 1.11. The summed E-state index contributed by atoms with van der Waals surface area (Å²) in [5, 5.41) is 3.91. The molecule has 2 aromatic rings. The van der Waals surface area contributed by atoms with Gasteiger partial charge in [0, 0.05) is 10.0 Å². The van der Waals surface area contributed by atoms with Crippen LogP contribution in [0.3, 0.4) is 0 Å². The molecule has 0 aliphatic heterocycles. The molecule has 96 valence electrons. The van der Waals surface area contributed by atoms with Crippen molar-refractivity contribution in [3.63, 3.8) is 0 Å². The van der Waals surface area contributed by atoms with E-state index >= 15 is 0 Å². The number of halogens is 1. The van der Waals surface area contributed by atoms with Crippen molar-refractivity contribution < 1.29 is 4.52 Å². The Kier molecular flexibility index (Phi) is 4.14. The van der Waals surface area contributed by atoms with E-state index in [-0.39, 0.29) is 6.54 Å². The molecule has 0 amide bonds. The van der Waals surface area contributed by atoms with Crippen LogP contribution in [0.25, 0.3) is 11.4 Å². The Balaban J connectivity index is 2.33. The Hall–Kier alpha value is -1.20. The first-order valence-electron chi connectivity index (χ1n) is 5.98. The number of hydrogen-bond acceptors (Lipinski definition) is 4. The molecular weight excluding hydrogens is 294 g/mol. The van der Waals surface area contributed by atoms with Crippen LogP contribution in [-0.2, 0) is 6.54 Å². The van der Waals surface area contributed by atoms with Gasteiger partial charge in [-0.2, -0.15) is 4.98 Å². The van der Waals surface area contributed by atoms with Crippen LogP contribution < -0.4 is 5.73 Å². The highest BCUT2D eigenvalue weighted by molar-refractivity contribution is 9.10. The molecule has 0 bridgehead atoms. The Bertz CT molecular complexity index is 539. The average molecular weight is 310 g/mol. The van der Waals surface area contributed by atoms with E-state index in [1.165, 1.54) is 5.56 Å². The van der Waals surface area contributed by atoms with Crippen LogP contribution in [0.4, 0.5) is 0 Å². The Morgan fingerprint density at radius 2 is 2.22 bits per heavy atom. The van der Waals surface area contributed by atoms with Gasteiger partial charge in [-0.15, -0.1) is 0 Å². The van der Waals surface area contributed by atoms with Gasteiger partial charge in [-0.25, -0.2) is 0 Å². The van der Waals surface area contributed by atoms with E-state index < -0.39 is 0 Å². The molecule has 18 heavy (non-hydrogen) atoms. The third-order valence-electron chi connectivity index (χ3n) is 3.04. The van der Waals surface area contributed by atoms with E-state index in [0.717, 1.165) is 16.5 Å². The maximum atomic E-state index is 5.45. The van der Waals surface area contributed by atoms with Crippen molar-refractivity contribution in [3.05, 3.63) is 34.1 Å². The summed E-state index contributed by atoms with van der Waals surface area (Å²) in [6.45, 7) is 4.65. The molecule has 1 unspecified atom stereocenters. The number of benzene rings is 1.